The fourth-order valence-electron chi connectivity index (χ4n) is 3.67. The third-order valence-electron chi connectivity index (χ3n) is 5.05. The van der Waals surface area contributed by atoms with Crippen LogP contribution in [0.1, 0.15) is 10.7 Å². The molecule has 0 aliphatic carbocycles. The lowest BCUT2D eigenvalue weighted by Crippen LogP contribution is -2.22. The van der Waals surface area contributed by atoms with Crippen LogP contribution in [0, 0.1) is 6.92 Å². The minimum Gasteiger partial charge on any atom is -0.496 e. The first kappa shape index (κ1) is 18.5. The average Bonchev–Trinajstić information content (AvgIpc) is 3.40. The number of para-hydroxylation sites is 1. The zero-order valence-corrected chi connectivity index (χ0v) is 17.4. The molecule has 150 valence electrons. The maximum absolute atomic E-state index is 13.6. The Morgan fingerprint density at radius 1 is 1.10 bits per heavy atom. The minimum atomic E-state index is -0.104. The van der Waals surface area contributed by atoms with Crippen molar-refractivity contribution in [2.75, 3.05) is 7.11 Å². The van der Waals surface area contributed by atoms with Crippen molar-refractivity contribution < 1.29 is 4.74 Å². The monoisotopic (exact) mass is 417 g/mol. The lowest BCUT2D eigenvalue weighted by Gasteiger charge is -2.13. The lowest BCUT2D eigenvalue weighted by molar-refractivity contribution is 0.416. The summed E-state index contributed by atoms with van der Waals surface area (Å²) < 4.78 is 8.96. The molecule has 5 rings (SSSR count). The third kappa shape index (κ3) is 3.05. The Balaban J connectivity index is 1.79. The third-order valence-corrected chi connectivity index (χ3v) is 5.99. The standard InChI is InChI=1S/C22H19N5O2S/c1-14-23-22-24-17-10-12-26(11-9-15-6-5-13-30-15)21(28)19(17)20(27(22)25-14)16-7-3-4-8-18(16)29-2/h3-8,10,12-13H,9,11H2,1-2H3. The maximum Gasteiger partial charge on any atom is 0.262 e. The van der Waals surface area contributed by atoms with E-state index in [0.717, 1.165) is 12.0 Å². The Kier molecular flexibility index (Phi) is 4.55. The number of nitrogens with zero attached hydrogens (tertiary/aromatic N) is 5. The number of benzene rings is 1. The minimum absolute atomic E-state index is 0.104. The van der Waals surface area contributed by atoms with Crippen LogP contribution in [0.25, 0.3) is 27.9 Å². The highest BCUT2D eigenvalue weighted by atomic mass is 32.1. The number of fused-ring (bicyclic) bond motifs is 2. The molecule has 0 spiro atoms. The molecule has 0 atom stereocenters. The van der Waals surface area contributed by atoms with Crippen LogP contribution < -0.4 is 10.3 Å². The summed E-state index contributed by atoms with van der Waals surface area (Å²) in [6.07, 6.45) is 2.60. The normalized spacial score (nSPS) is 11.4. The summed E-state index contributed by atoms with van der Waals surface area (Å²) in [6, 6.07) is 13.6. The van der Waals surface area contributed by atoms with Gasteiger partial charge in [-0.05, 0) is 43.0 Å². The largest absolute Gasteiger partial charge is 0.496 e. The van der Waals surface area contributed by atoms with Gasteiger partial charge in [0, 0.05) is 23.2 Å². The van der Waals surface area contributed by atoms with Crippen molar-refractivity contribution in [3.63, 3.8) is 0 Å². The van der Waals surface area contributed by atoms with E-state index in [0.29, 0.717) is 40.5 Å². The molecular formula is C22H19N5O2S. The number of rotatable bonds is 5. The van der Waals surface area contributed by atoms with Gasteiger partial charge in [-0.1, -0.05) is 18.2 Å². The van der Waals surface area contributed by atoms with Crippen LogP contribution in [-0.2, 0) is 13.0 Å². The molecule has 0 bridgehead atoms. The molecule has 4 heterocycles. The fraction of sp³-hybridized carbons (Fsp3) is 0.182. The molecule has 0 aliphatic heterocycles. The summed E-state index contributed by atoms with van der Waals surface area (Å²) >= 11 is 1.69. The van der Waals surface area contributed by atoms with Crippen molar-refractivity contribution in [3.05, 3.63) is 75.1 Å². The number of aromatic nitrogens is 5. The van der Waals surface area contributed by atoms with Gasteiger partial charge in [0.25, 0.3) is 11.3 Å². The summed E-state index contributed by atoms with van der Waals surface area (Å²) in [7, 11) is 1.62. The summed E-state index contributed by atoms with van der Waals surface area (Å²) in [5.41, 5.74) is 1.90. The van der Waals surface area contributed by atoms with Gasteiger partial charge < -0.3 is 9.30 Å². The van der Waals surface area contributed by atoms with E-state index in [1.165, 1.54) is 4.88 Å². The Labute approximate surface area is 176 Å². The second-order valence-corrected chi connectivity index (χ2v) is 7.97. The highest BCUT2D eigenvalue weighted by Gasteiger charge is 2.20. The average molecular weight is 417 g/mol. The van der Waals surface area contributed by atoms with Gasteiger partial charge in [-0.25, -0.2) is 4.98 Å². The van der Waals surface area contributed by atoms with E-state index in [1.807, 2.05) is 48.7 Å². The topological polar surface area (TPSA) is 74.3 Å². The van der Waals surface area contributed by atoms with E-state index in [1.54, 1.807) is 33.7 Å². The Bertz CT molecular complexity index is 1420. The molecule has 8 heteroatoms. The molecule has 30 heavy (non-hydrogen) atoms. The van der Waals surface area contributed by atoms with Crippen LogP contribution in [0.5, 0.6) is 5.75 Å². The molecule has 0 fully saturated rings. The molecule has 0 aliphatic rings. The molecule has 0 N–H and O–H groups in total. The summed E-state index contributed by atoms with van der Waals surface area (Å²) in [4.78, 5) is 23.8. The number of aryl methyl sites for hydroxylation is 3. The molecule has 0 radical (unpaired) electrons. The van der Waals surface area contributed by atoms with E-state index in [9.17, 15) is 4.79 Å². The van der Waals surface area contributed by atoms with Gasteiger partial charge in [0.05, 0.1) is 23.7 Å². The summed E-state index contributed by atoms with van der Waals surface area (Å²) in [6.45, 7) is 2.40. The van der Waals surface area contributed by atoms with Crippen molar-refractivity contribution >= 4 is 28.0 Å². The first-order valence-electron chi connectivity index (χ1n) is 9.58. The molecule has 0 unspecified atom stereocenters. The number of pyridine rings is 1. The van der Waals surface area contributed by atoms with Gasteiger partial charge in [-0.2, -0.15) is 9.50 Å². The summed E-state index contributed by atoms with van der Waals surface area (Å²) in [5, 5.41) is 7.07. The predicted octanol–water partition coefficient (Wildman–Crippen LogP) is 3.73. The SMILES string of the molecule is COc1ccccc1-c1c2c(=O)n(CCc3cccs3)ccc2nc2nc(C)nn12. The van der Waals surface area contributed by atoms with Gasteiger partial charge >= 0.3 is 0 Å². The van der Waals surface area contributed by atoms with Crippen LogP contribution in [0.15, 0.2) is 58.8 Å². The second-order valence-electron chi connectivity index (χ2n) is 6.94. The number of hydrogen-bond donors (Lipinski definition) is 0. The van der Waals surface area contributed by atoms with E-state index >= 15 is 0 Å². The van der Waals surface area contributed by atoms with Crippen LogP contribution in [-0.4, -0.2) is 31.3 Å². The van der Waals surface area contributed by atoms with Crippen LogP contribution >= 0.6 is 11.3 Å². The van der Waals surface area contributed by atoms with Gasteiger partial charge in [0.15, 0.2) is 0 Å². The Morgan fingerprint density at radius 3 is 2.77 bits per heavy atom. The van der Waals surface area contributed by atoms with E-state index < -0.39 is 0 Å². The van der Waals surface area contributed by atoms with Crippen molar-refractivity contribution in [2.45, 2.75) is 19.9 Å². The van der Waals surface area contributed by atoms with Crippen LogP contribution in [0.3, 0.4) is 0 Å². The highest BCUT2D eigenvalue weighted by Crippen LogP contribution is 2.33. The van der Waals surface area contributed by atoms with E-state index in [4.69, 9.17) is 4.74 Å². The molecule has 1 aromatic carbocycles. The molecule has 0 amide bonds. The van der Waals surface area contributed by atoms with Crippen molar-refractivity contribution in [1.29, 1.82) is 0 Å². The van der Waals surface area contributed by atoms with Crippen LogP contribution in [0.2, 0.25) is 0 Å². The zero-order valence-electron chi connectivity index (χ0n) is 16.6. The molecule has 0 saturated carbocycles. The maximum atomic E-state index is 13.6. The molecule has 0 saturated heterocycles. The van der Waals surface area contributed by atoms with E-state index in [-0.39, 0.29) is 5.56 Å². The van der Waals surface area contributed by atoms with Crippen LogP contribution in [0.4, 0.5) is 0 Å². The first-order chi connectivity index (χ1) is 14.7. The second kappa shape index (κ2) is 7.38. The Morgan fingerprint density at radius 2 is 1.97 bits per heavy atom. The zero-order chi connectivity index (χ0) is 20.7. The quantitative estimate of drug-likeness (QED) is 0.436. The van der Waals surface area contributed by atoms with Gasteiger partial charge in [-0.15, -0.1) is 16.4 Å². The van der Waals surface area contributed by atoms with Crippen molar-refractivity contribution in [3.8, 4) is 17.0 Å². The van der Waals surface area contributed by atoms with E-state index in [2.05, 4.69) is 21.1 Å². The summed E-state index contributed by atoms with van der Waals surface area (Å²) in [5.74, 6) is 1.71. The number of thiophene rings is 1. The molecular weight excluding hydrogens is 398 g/mol. The van der Waals surface area contributed by atoms with Crippen molar-refractivity contribution in [1.82, 2.24) is 24.1 Å². The van der Waals surface area contributed by atoms with Gasteiger partial charge in [-0.3, -0.25) is 4.79 Å². The fourth-order valence-corrected chi connectivity index (χ4v) is 4.37. The van der Waals surface area contributed by atoms with Gasteiger partial charge in [0.2, 0.25) is 0 Å². The number of hydrogen-bond acceptors (Lipinski definition) is 6. The Hall–Kier alpha value is -3.52. The van der Waals surface area contributed by atoms with Crippen molar-refractivity contribution in [2.24, 2.45) is 0 Å². The smallest absolute Gasteiger partial charge is 0.262 e. The predicted molar refractivity (Wildman–Crippen MR) is 117 cm³/mol. The lowest BCUT2D eigenvalue weighted by atomic mass is 10.1. The first-order valence-corrected chi connectivity index (χ1v) is 10.5. The molecule has 7 nitrogen and oxygen atoms in total. The highest BCUT2D eigenvalue weighted by molar-refractivity contribution is 7.09. The number of methoxy groups -OCH3 is 1. The molecule has 5 aromatic rings. The number of ether oxygens (including phenoxy) is 1. The van der Waals surface area contributed by atoms with Gasteiger partial charge in [0.1, 0.15) is 11.6 Å². The molecule has 4 aromatic heterocycles.